The van der Waals surface area contributed by atoms with Crippen LogP contribution in [-0.2, 0) is 17.1 Å². The van der Waals surface area contributed by atoms with Gasteiger partial charge in [0.25, 0.3) is 10.0 Å². The molecule has 0 fully saturated rings. The van der Waals surface area contributed by atoms with Crippen LogP contribution >= 0.6 is 11.6 Å². The molecule has 0 aliphatic heterocycles. The van der Waals surface area contributed by atoms with Gasteiger partial charge >= 0.3 is 0 Å². The summed E-state index contributed by atoms with van der Waals surface area (Å²) < 4.78 is 29.7. The Morgan fingerprint density at radius 2 is 1.89 bits per heavy atom. The van der Waals surface area contributed by atoms with E-state index in [1.54, 1.807) is 32.4 Å². The lowest BCUT2D eigenvalue weighted by atomic mass is 9.99. The number of hydrogen-bond donors (Lipinski definition) is 0. The maximum Gasteiger partial charge on any atom is 0.264 e. The Hall–Kier alpha value is -2.22. The fraction of sp³-hybridized carbons (Fsp3) is 0.263. The molecule has 0 spiro atoms. The standard InChI is InChI=1S/C19H21ClN4O2S/c1-4-24(27(25,26)19-18(20)23(3)13-22-19)17(16-6-5-11-21-12-16)15-9-7-14(2)8-10-15/h5-13,17H,4H2,1-3H3. The normalized spacial score (nSPS) is 13.1. The van der Waals surface area contributed by atoms with Crippen LogP contribution in [0.1, 0.15) is 29.7 Å². The van der Waals surface area contributed by atoms with Crippen LogP contribution in [0.5, 0.6) is 0 Å². The van der Waals surface area contributed by atoms with Crippen molar-refractivity contribution < 1.29 is 8.42 Å². The molecule has 6 nitrogen and oxygen atoms in total. The molecule has 0 N–H and O–H groups in total. The lowest BCUT2D eigenvalue weighted by Gasteiger charge is -2.30. The molecule has 0 aliphatic rings. The number of aryl methyl sites for hydroxylation is 2. The van der Waals surface area contributed by atoms with Gasteiger partial charge in [0.05, 0.1) is 12.4 Å². The Morgan fingerprint density at radius 3 is 2.41 bits per heavy atom. The van der Waals surface area contributed by atoms with Crippen LogP contribution in [0.3, 0.4) is 0 Å². The molecule has 2 aromatic heterocycles. The van der Waals surface area contributed by atoms with Gasteiger partial charge in [0, 0.05) is 26.0 Å². The molecule has 8 heteroatoms. The maximum atomic E-state index is 13.4. The zero-order valence-corrected chi connectivity index (χ0v) is 16.9. The lowest BCUT2D eigenvalue weighted by molar-refractivity contribution is 0.373. The molecule has 0 saturated carbocycles. The summed E-state index contributed by atoms with van der Waals surface area (Å²) in [7, 11) is -2.27. The van der Waals surface area contributed by atoms with Gasteiger partial charge in [-0.1, -0.05) is 54.4 Å². The van der Waals surface area contributed by atoms with E-state index >= 15 is 0 Å². The van der Waals surface area contributed by atoms with Gasteiger partial charge in [-0.3, -0.25) is 4.98 Å². The van der Waals surface area contributed by atoms with Crippen LogP contribution in [-0.4, -0.2) is 33.8 Å². The first-order valence-electron chi connectivity index (χ1n) is 8.51. The average Bonchev–Trinajstić information content (AvgIpc) is 3.00. The quantitative estimate of drug-likeness (QED) is 0.629. The summed E-state index contributed by atoms with van der Waals surface area (Å²) in [6.07, 6.45) is 4.74. The molecule has 1 unspecified atom stereocenters. The van der Waals surface area contributed by atoms with Gasteiger partial charge < -0.3 is 4.57 Å². The number of halogens is 1. The molecular weight excluding hydrogens is 384 g/mol. The van der Waals surface area contributed by atoms with Crippen molar-refractivity contribution in [2.45, 2.75) is 24.9 Å². The van der Waals surface area contributed by atoms with Crippen LogP contribution < -0.4 is 0 Å². The van der Waals surface area contributed by atoms with Gasteiger partial charge in [-0.05, 0) is 24.1 Å². The van der Waals surface area contributed by atoms with Crippen LogP contribution in [0.2, 0.25) is 5.15 Å². The van der Waals surface area contributed by atoms with E-state index in [0.29, 0.717) is 0 Å². The highest BCUT2D eigenvalue weighted by Crippen LogP contribution is 2.34. The Labute approximate surface area is 164 Å². The predicted octanol–water partition coefficient (Wildman–Crippen LogP) is 3.58. The molecule has 2 heterocycles. The number of sulfonamides is 1. The molecule has 142 valence electrons. The summed E-state index contributed by atoms with van der Waals surface area (Å²) in [5, 5.41) is -0.0585. The number of pyridine rings is 1. The third-order valence-corrected chi connectivity index (χ3v) is 6.81. The van der Waals surface area contributed by atoms with Gasteiger partial charge in [0.2, 0.25) is 5.03 Å². The van der Waals surface area contributed by atoms with Crippen molar-refractivity contribution in [3.8, 4) is 0 Å². The molecule has 27 heavy (non-hydrogen) atoms. The van der Waals surface area contributed by atoms with E-state index in [9.17, 15) is 8.42 Å². The highest BCUT2D eigenvalue weighted by atomic mass is 35.5. The summed E-state index contributed by atoms with van der Waals surface area (Å²) in [5.74, 6) is 0. The number of rotatable bonds is 6. The van der Waals surface area contributed by atoms with Crippen molar-refractivity contribution in [2.75, 3.05) is 6.54 Å². The summed E-state index contributed by atoms with van der Waals surface area (Å²) in [4.78, 5) is 8.20. The number of imidazole rings is 1. The molecule has 0 saturated heterocycles. The molecule has 0 amide bonds. The smallest absolute Gasteiger partial charge is 0.264 e. The minimum absolute atomic E-state index is 0.0855. The van der Waals surface area contributed by atoms with E-state index in [2.05, 4.69) is 9.97 Å². The summed E-state index contributed by atoms with van der Waals surface area (Å²) in [6.45, 7) is 4.04. The van der Waals surface area contributed by atoms with E-state index < -0.39 is 16.1 Å². The Morgan fingerprint density at radius 1 is 1.19 bits per heavy atom. The average molecular weight is 405 g/mol. The van der Waals surface area contributed by atoms with Crippen molar-refractivity contribution in [3.63, 3.8) is 0 Å². The van der Waals surface area contributed by atoms with Crippen LogP contribution in [0.15, 0.2) is 60.1 Å². The third kappa shape index (κ3) is 3.76. The zero-order valence-electron chi connectivity index (χ0n) is 15.4. The molecule has 3 aromatic rings. The van der Waals surface area contributed by atoms with Crippen LogP contribution in [0.4, 0.5) is 0 Å². The molecule has 3 rings (SSSR count). The predicted molar refractivity (Wildman–Crippen MR) is 105 cm³/mol. The Balaban J connectivity index is 2.17. The monoisotopic (exact) mass is 404 g/mol. The van der Waals surface area contributed by atoms with Gasteiger partial charge in [0.15, 0.2) is 0 Å². The van der Waals surface area contributed by atoms with Crippen LogP contribution in [0, 0.1) is 6.92 Å². The van der Waals surface area contributed by atoms with E-state index in [-0.39, 0.29) is 16.7 Å². The van der Waals surface area contributed by atoms with Gasteiger partial charge in [0.1, 0.15) is 5.15 Å². The van der Waals surface area contributed by atoms with Crippen molar-refractivity contribution in [1.29, 1.82) is 0 Å². The molecule has 0 radical (unpaired) electrons. The van der Waals surface area contributed by atoms with E-state index in [0.717, 1.165) is 16.7 Å². The topological polar surface area (TPSA) is 68.1 Å². The number of aromatic nitrogens is 3. The molecule has 0 aliphatic carbocycles. The van der Waals surface area contributed by atoms with E-state index in [4.69, 9.17) is 11.6 Å². The minimum atomic E-state index is -3.92. The third-order valence-electron chi connectivity index (χ3n) is 4.38. The SMILES string of the molecule is CCN(C(c1ccc(C)cc1)c1cccnc1)S(=O)(=O)c1ncn(C)c1Cl. The van der Waals surface area contributed by atoms with Gasteiger partial charge in [-0.25, -0.2) is 13.4 Å². The van der Waals surface area contributed by atoms with E-state index in [1.807, 2.05) is 37.3 Å². The van der Waals surface area contributed by atoms with Crippen molar-refractivity contribution in [2.24, 2.45) is 7.05 Å². The summed E-state index contributed by atoms with van der Waals surface area (Å²) in [5.41, 5.74) is 2.73. The van der Waals surface area contributed by atoms with Crippen molar-refractivity contribution in [1.82, 2.24) is 18.8 Å². The van der Waals surface area contributed by atoms with Gasteiger partial charge in [-0.2, -0.15) is 4.31 Å². The summed E-state index contributed by atoms with van der Waals surface area (Å²) >= 11 is 6.19. The second kappa shape index (κ2) is 7.80. The molecule has 1 aromatic carbocycles. The first-order valence-corrected chi connectivity index (χ1v) is 10.3. The van der Waals surface area contributed by atoms with Gasteiger partial charge in [-0.15, -0.1) is 0 Å². The second-order valence-electron chi connectivity index (χ2n) is 6.26. The first-order chi connectivity index (χ1) is 12.9. The molecule has 1 atom stereocenters. The maximum absolute atomic E-state index is 13.4. The Kier molecular flexibility index (Phi) is 5.64. The van der Waals surface area contributed by atoms with E-state index in [1.165, 1.54) is 15.2 Å². The highest BCUT2D eigenvalue weighted by Gasteiger charge is 2.35. The molecular formula is C19H21ClN4O2S. The fourth-order valence-corrected chi connectivity index (χ4v) is 4.99. The minimum Gasteiger partial charge on any atom is -0.324 e. The number of nitrogens with zero attached hydrogens (tertiary/aromatic N) is 4. The second-order valence-corrected chi connectivity index (χ2v) is 8.42. The largest absolute Gasteiger partial charge is 0.324 e. The van der Waals surface area contributed by atoms with Crippen molar-refractivity contribution >= 4 is 21.6 Å². The highest BCUT2D eigenvalue weighted by molar-refractivity contribution is 7.89. The first kappa shape index (κ1) is 19.5. The summed E-state index contributed by atoms with van der Waals surface area (Å²) in [6, 6.07) is 10.9. The molecule has 0 bridgehead atoms. The van der Waals surface area contributed by atoms with Crippen molar-refractivity contribution in [3.05, 3.63) is 77.0 Å². The lowest BCUT2D eigenvalue weighted by Crippen LogP contribution is -2.36. The Bertz CT molecular complexity index is 1020. The zero-order chi connectivity index (χ0) is 19.6. The number of hydrogen-bond acceptors (Lipinski definition) is 4. The number of benzene rings is 1. The van der Waals surface area contributed by atoms with Crippen LogP contribution in [0.25, 0.3) is 0 Å². The fourth-order valence-electron chi connectivity index (χ4n) is 2.98.